The number of hydrogen-bond acceptors (Lipinski definition) is 6. The van der Waals surface area contributed by atoms with E-state index in [0.717, 1.165) is 25.2 Å². The number of halogens is 3. The fraction of sp³-hybridized carbons (Fsp3) is 0.611. The number of rotatable bonds is 5. The van der Waals surface area contributed by atoms with Gasteiger partial charge < -0.3 is 0 Å². The van der Waals surface area contributed by atoms with Crippen LogP contribution in [0.1, 0.15) is 29.7 Å². The Morgan fingerprint density at radius 1 is 1.17 bits per heavy atom. The Balaban J connectivity index is 1.46. The van der Waals surface area contributed by atoms with Crippen molar-refractivity contribution in [2.75, 3.05) is 26.2 Å². The van der Waals surface area contributed by atoms with Crippen LogP contribution >= 0.6 is 0 Å². The molecule has 2 aliphatic heterocycles. The summed E-state index contributed by atoms with van der Waals surface area (Å²) in [6.45, 7) is 5.88. The average Bonchev–Trinajstić information content (AvgIpc) is 2.98. The van der Waals surface area contributed by atoms with E-state index in [1.165, 1.54) is 11.2 Å². The summed E-state index contributed by atoms with van der Waals surface area (Å²) in [6, 6.07) is 0. The summed E-state index contributed by atoms with van der Waals surface area (Å²) in [7, 11) is -2.09. The van der Waals surface area contributed by atoms with Gasteiger partial charge in [-0.25, -0.2) is 18.4 Å². The molecular weight excluding hydrogens is 421 g/mol. The van der Waals surface area contributed by atoms with Gasteiger partial charge in [0.2, 0.25) is 15.8 Å². The molecule has 2 aliphatic rings. The van der Waals surface area contributed by atoms with Crippen LogP contribution in [0, 0.1) is 12.3 Å². The van der Waals surface area contributed by atoms with Gasteiger partial charge in [0.25, 0.3) is 0 Å². The van der Waals surface area contributed by atoms with Gasteiger partial charge in [0.15, 0.2) is 0 Å². The maximum absolute atomic E-state index is 13.1. The van der Waals surface area contributed by atoms with E-state index < -0.39 is 22.0 Å². The van der Waals surface area contributed by atoms with E-state index in [2.05, 4.69) is 20.0 Å². The van der Waals surface area contributed by atoms with Crippen LogP contribution in [-0.4, -0.2) is 63.6 Å². The van der Waals surface area contributed by atoms with Gasteiger partial charge in [0.05, 0.1) is 17.6 Å². The molecule has 0 radical (unpaired) electrons. The molecule has 1 spiro atoms. The molecule has 0 bridgehead atoms. The molecule has 8 nitrogen and oxygen atoms in total. The highest BCUT2D eigenvalue weighted by Crippen LogP contribution is 2.43. The standard InChI is InChI=1S/C18H23F3N6O2S/c1-4-14-15(12(2)23-16(24-14)18(19,20)21)30(28,29)27-10-17(11-27)8-26(9-17)7-13-5-22-25(3)6-13/h5-6H,4,7-11H2,1-3H3. The first-order valence-corrected chi connectivity index (χ1v) is 11.0. The minimum atomic E-state index is -4.72. The van der Waals surface area contributed by atoms with Gasteiger partial charge in [-0.15, -0.1) is 0 Å². The number of likely N-dealkylation sites (tertiary alicyclic amines) is 1. The van der Waals surface area contributed by atoms with Crippen molar-refractivity contribution in [3.8, 4) is 0 Å². The average molecular weight is 444 g/mol. The first kappa shape index (κ1) is 21.2. The van der Waals surface area contributed by atoms with Crippen molar-refractivity contribution in [1.29, 1.82) is 0 Å². The molecule has 0 unspecified atom stereocenters. The van der Waals surface area contributed by atoms with Crippen molar-refractivity contribution < 1.29 is 21.6 Å². The van der Waals surface area contributed by atoms with Crippen LogP contribution in [0.25, 0.3) is 0 Å². The topological polar surface area (TPSA) is 84.2 Å². The van der Waals surface area contributed by atoms with Gasteiger partial charge in [0, 0.05) is 56.9 Å². The second-order valence-electron chi connectivity index (χ2n) is 8.20. The molecule has 12 heteroatoms. The summed E-state index contributed by atoms with van der Waals surface area (Å²) in [5.41, 5.74) is 0.744. The van der Waals surface area contributed by atoms with Crippen LogP contribution in [0.3, 0.4) is 0 Å². The summed E-state index contributed by atoms with van der Waals surface area (Å²) in [4.78, 5) is 8.97. The Hall–Kier alpha value is -2.05. The second kappa shape index (κ2) is 6.99. The third-order valence-corrected chi connectivity index (χ3v) is 7.58. The quantitative estimate of drug-likeness (QED) is 0.697. The van der Waals surface area contributed by atoms with E-state index in [0.29, 0.717) is 13.1 Å². The van der Waals surface area contributed by atoms with Crippen molar-refractivity contribution in [1.82, 2.24) is 29.0 Å². The summed E-state index contributed by atoms with van der Waals surface area (Å²) in [5, 5.41) is 4.14. The lowest BCUT2D eigenvalue weighted by Gasteiger charge is -2.59. The molecule has 0 saturated carbocycles. The fourth-order valence-electron chi connectivity index (χ4n) is 4.35. The third-order valence-electron chi connectivity index (χ3n) is 5.60. The molecular formula is C18H23F3N6O2S. The molecule has 164 valence electrons. The van der Waals surface area contributed by atoms with Crippen LogP contribution in [0.2, 0.25) is 0 Å². The fourth-order valence-corrected chi connectivity index (χ4v) is 6.40. The SMILES string of the molecule is CCc1nc(C(F)(F)F)nc(C)c1S(=O)(=O)N1CC2(CN(Cc3cnn(C)c3)C2)C1. The summed E-state index contributed by atoms with van der Waals surface area (Å²) in [5.74, 6) is -1.30. The molecule has 2 aromatic rings. The largest absolute Gasteiger partial charge is 0.451 e. The van der Waals surface area contributed by atoms with Crippen molar-refractivity contribution in [3.05, 3.63) is 35.2 Å². The van der Waals surface area contributed by atoms with Crippen LogP contribution in [0.15, 0.2) is 17.3 Å². The number of hydrogen-bond donors (Lipinski definition) is 0. The van der Waals surface area contributed by atoms with Crippen molar-refractivity contribution in [3.63, 3.8) is 0 Å². The zero-order valence-electron chi connectivity index (χ0n) is 16.9. The van der Waals surface area contributed by atoms with Crippen molar-refractivity contribution in [2.45, 2.75) is 37.9 Å². The second-order valence-corrected chi connectivity index (χ2v) is 10.1. The Bertz CT molecular complexity index is 1070. The maximum atomic E-state index is 13.1. The lowest BCUT2D eigenvalue weighted by atomic mass is 9.74. The highest BCUT2D eigenvalue weighted by molar-refractivity contribution is 7.89. The van der Waals surface area contributed by atoms with E-state index in [1.54, 1.807) is 11.6 Å². The predicted molar refractivity (Wildman–Crippen MR) is 101 cm³/mol. The number of aryl methyl sites for hydroxylation is 3. The summed E-state index contributed by atoms with van der Waals surface area (Å²) in [6.07, 6.45) is -0.898. The van der Waals surface area contributed by atoms with E-state index in [4.69, 9.17) is 0 Å². The number of sulfonamides is 1. The maximum Gasteiger partial charge on any atom is 0.451 e. The molecule has 0 amide bonds. The molecule has 0 aliphatic carbocycles. The first-order valence-electron chi connectivity index (χ1n) is 9.58. The van der Waals surface area contributed by atoms with Crippen LogP contribution in [-0.2, 0) is 36.2 Å². The van der Waals surface area contributed by atoms with Crippen LogP contribution < -0.4 is 0 Å². The highest BCUT2D eigenvalue weighted by Gasteiger charge is 2.55. The van der Waals surface area contributed by atoms with E-state index in [-0.39, 0.29) is 28.1 Å². The smallest absolute Gasteiger partial charge is 0.298 e. The van der Waals surface area contributed by atoms with Crippen molar-refractivity contribution >= 4 is 10.0 Å². The van der Waals surface area contributed by atoms with Crippen LogP contribution in [0.4, 0.5) is 13.2 Å². The molecule has 2 aromatic heterocycles. The third kappa shape index (κ3) is 3.60. The Kier molecular flexibility index (Phi) is 4.94. The zero-order valence-corrected chi connectivity index (χ0v) is 17.8. The summed E-state index contributed by atoms with van der Waals surface area (Å²) >= 11 is 0. The Morgan fingerprint density at radius 3 is 2.37 bits per heavy atom. The van der Waals surface area contributed by atoms with E-state index in [1.807, 2.05) is 19.4 Å². The zero-order chi connectivity index (χ0) is 21.9. The molecule has 2 fully saturated rings. The Morgan fingerprint density at radius 2 is 1.83 bits per heavy atom. The molecule has 0 aromatic carbocycles. The van der Waals surface area contributed by atoms with E-state index >= 15 is 0 Å². The number of aromatic nitrogens is 4. The van der Waals surface area contributed by atoms with E-state index in [9.17, 15) is 21.6 Å². The minimum Gasteiger partial charge on any atom is -0.298 e. The van der Waals surface area contributed by atoms with Gasteiger partial charge >= 0.3 is 6.18 Å². The van der Waals surface area contributed by atoms with Crippen LogP contribution in [0.5, 0.6) is 0 Å². The van der Waals surface area contributed by atoms with Gasteiger partial charge in [-0.3, -0.25) is 9.58 Å². The minimum absolute atomic E-state index is 0.0683. The van der Waals surface area contributed by atoms with Gasteiger partial charge in [0.1, 0.15) is 4.90 Å². The lowest BCUT2D eigenvalue weighted by Crippen LogP contribution is -2.72. The van der Waals surface area contributed by atoms with Gasteiger partial charge in [-0.2, -0.15) is 22.6 Å². The molecule has 4 rings (SSSR count). The molecule has 30 heavy (non-hydrogen) atoms. The summed E-state index contributed by atoms with van der Waals surface area (Å²) < 4.78 is 68.3. The first-order chi connectivity index (χ1) is 13.9. The Labute approximate surface area is 172 Å². The monoisotopic (exact) mass is 444 g/mol. The predicted octanol–water partition coefficient (Wildman–Crippen LogP) is 1.61. The lowest BCUT2D eigenvalue weighted by molar-refractivity contribution is -0.145. The molecule has 0 atom stereocenters. The van der Waals surface area contributed by atoms with Crippen molar-refractivity contribution in [2.24, 2.45) is 12.5 Å². The highest BCUT2D eigenvalue weighted by atomic mass is 32.2. The van der Waals surface area contributed by atoms with Gasteiger partial charge in [-0.05, 0) is 13.3 Å². The molecule has 4 heterocycles. The molecule has 0 N–H and O–H groups in total. The molecule has 2 saturated heterocycles. The normalized spacial score (nSPS) is 19.7. The number of alkyl halides is 3. The number of nitrogens with zero attached hydrogens (tertiary/aromatic N) is 6. The van der Waals surface area contributed by atoms with Gasteiger partial charge in [-0.1, -0.05) is 6.92 Å².